The molecule has 0 aromatic heterocycles. The molecule has 0 rings (SSSR count). The lowest BCUT2D eigenvalue weighted by atomic mass is 10.1. The SMILES string of the molecule is CCCCCCCC/C=C\CCCCCCCC(OCC(O)CO)OC(CCCCCCC/C=C\CCCCCCCC)OCC(O)CO. The fraction of sp³-hybridized carbons (Fsp3) is 0.905. The van der Waals surface area contributed by atoms with Crippen LogP contribution in [0.4, 0.5) is 0 Å². The summed E-state index contributed by atoms with van der Waals surface area (Å²) in [6.45, 7) is 3.78. The molecular weight excluding hydrogens is 616 g/mol. The molecule has 292 valence electrons. The first kappa shape index (κ1) is 48.2. The largest absolute Gasteiger partial charge is 0.394 e. The van der Waals surface area contributed by atoms with Gasteiger partial charge in [0.05, 0.1) is 26.4 Å². The van der Waals surface area contributed by atoms with Gasteiger partial charge in [-0.05, 0) is 77.0 Å². The van der Waals surface area contributed by atoms with Crippen LogP contribution in [0.25, 0.3) is 0 Å². The fourth-order valence-corrected chi connectivity index (χ4v) is 5.86. The number of rotatable bonds is 40. The van der Waals surface area contributed by atoms with Gasteiger partial charge in [-0.25, -0.2) is 0 Å². The van der Waals surface area contributed by atoms with Crippen molar-refractivity contribution in [3.63, 3.8) is 0 Å². The van der Waals surface area contributed by atoms with E-state index in [1.165, 1.54) is 116 Å². The summed E-state index contributed by atoms with van der Waals surface area (Å²) in [5, 5.41) is 38.3. The molecule has 0 amide bonds. The molecule has 0 aliphatic carbocycles. The standard InChI is InChI=1S/C42H82O7/c1-3-5-7-9-11-13-15-17-19-21-23-25-27-29-31-33-41(47-37-39(45)35-43)49-42(48-38-40(46)36-44)34-32-30-28-26-24-22-20-18-16-14-12-10-8-6-4-2/h17-20,39-46H,3-16,21-38H2,1-2H3/b19-17-,20-18-. The highest BCUT2D eigenvalue weighted by Gasteiger charge is 2.20. The Balaban J connectivity index is 4.37. The molecule has 0 aromatic carbocycles. The van der Waals surface area contributed by atoms with Crippen molar-refractivity contribution >= 4 is 0 Å². The Hall–Kier alpha value is -0.800. The second kappa shape index (κ2) is 40.0. The molecule has 0 saturated heterocycles. The van der Waals surface area contributed by atoms with Gasteiger partial charge < -0.3 is 34.6 Å². The number of hydrogen-bond acceptors (Lipinski definition) is 7. The lowest BCUT2D eigenvalue weighted by molar-refractivity contribution is -0.260. The van der Waals surface area contributed by atoms with E-state index in [1.54, 1.807) is 0 Å². The number of allylic oxidation sites excluding steroid dienone is 4. The highest BCUT2D eigenvalue weighted by Crippen LogP contribution is 2.19. The molecule has 7 heteroatoms. The van der Waals surface area contributed by atoms with Gasteiger partial charge in [-0.1, -0.05) is 141 Å². The summed E-state index contributed by atoms with van der Waals surface area (Å²) in [4.78, 5) is 0. The van der Waals surface area contributed by atoms with E-state index >= 15 is 0 Å². The smallest absolute Gasteiger partial charge is 0.160 e. The van der Waals surface area contributed by atoms with Crippen molar-refractivity contribution in [2.45, 2.75) is 218 Å². The zero-order chi connectivity index (χ0) is 35.9. The van der Waals surface area contributed by atoms with E-state index in [2.05, 4.69) is 38.2 Å². The number of hydrogen-bond donors (Lipinski definition) is 4. The molecule has 4 atom stereocenters. The van der Waals surface area contributed by atoms with Crippen LogP contribution in [0.15, 0.2) is 24.3 Å². The van der Waals surface area contributed by atoms with Gasteiger partial charge in [0, 0.05) is 0 Å². The maximum atomic E-state index is 9.87. The molecule has 4 unspecified atom stereocenters. The third-order valence-corrected chi connectivity index (χ3v) is 9.08. The lowest BCUT2D eigenvalue weighted by Crippen LogP contribution is -2.32. The Labute approximate surface area is 303 Å². The van der Waals surface area contributed by atoms with Crippen LogP contribution < -0.4 is 0 Å². The predicted molar refractivity (Wildman–Crippen MR) is 206 cm³/mol. The van der Waals surface area contributed by atoms with Crippen molar-refractivity contribution in [1.29, 1.82) is 0 Å². The van der Waals surface area contributed by atoms with E-state index in [-0.39, 0.29) is 26.4 Å². The summed E-state index contributed by atoms with van der Waals surface area (Å²) in [6.07, 6.45) is 39.8. The van der Waals surface area contributed by atoms with Gasteiger partial charge in [-0.15, -0.1) is 0 Å². The summed E-state index contributed by atoms with van der Waals surface area (Å²) in [6, 6.07) is 0. The molecule has 0 aliphatic rings. The topological polar surface area (TPSA) is 109 Å². The molecule has 4 N–H and O–H groups in total. The van der Waals surface area contributed by atoms with E-state index in [0.717, 1.165) is 51.4 Å². The van der Waals surface area contributed by atoms with Crippen molar-refractivity contribution in [2.75, 3.05) is 26.4 Å². The van der Waals surface area contributed by atoms with E-state index in [1.807, 2.05) is 0 Å². The molecule has 0 radical (unpaired) electrons. The third-order valence-electron chi connectivity index (χ3n) is 9.08. The highest BCUT2D eigenvalue weighted by atomic mass is 16.8. The zero-order valence-corrected chi connectivity index (χ0v) is 32.3. The van der Waals surface area contributed by atoms with E-state index < -0.39 is 24.8 Å². The molecule has 7 nitrogen and oxygen atoms in total. The Morgan fingerprint density at radius 3 is 1.00 bits per heavy atom. The molecule has 0 bridgehead atoms. The minimum Gasteiger partial charge on any atom is -0.394 e. The average Bonchev–Trinajstić information content (AvgIpc) is 3.11. The van der Waals surface area contributed by atoms with Crippen LogP contribution in [-0.4, -0.2) is 71.6 Å². The van der Waals surface area contributed by atoms with Crippen molar-refractivity contribution in [3.05, 3.63) is 24.3 Å². The van der Waals surface area contributed by atoms with Crippen molar-refractivity contribution in [3.8, 4) is 0 Å². The van der Waals surface area contributed by atoms with Crippen LogP contribution in [-0.2, 0) is 14.2 Å². The molecule has 0 spiro atoms. The van der Waals surface area contributed by atoms with Gasteiger partial charge in [-0.2, -0.15) is 0 Å². The fourth-order valence-electron chi connectivity index (χ4n) is 5.86. The predicted octanol–water partition coefficient (Wildman–Crippen LogP) is 10.5. The molecule has 0 aliphatic heterocycles. The third kappa shape index (κ3) is 36.8. The summed E-state index contributed by atoms with van der Waals surface area (Å²) in [5.74, 6) is 0. The molecule has 0 fully saturated rings. The summed E-state index contributed by atoms with van der Waals surface area (Å²) >= 11 is 0. The maximum Gasteiger partial charge on any atom is 0.160 e. The highest BCUT2D eigenvalue weighted by molar-refractivity contribution is 4.82. The molecular formula is C42H82O7. The van der Waals surface area contributed by atoms with Crippen molar-refractivity contribution in [2.24, 2.45) is 0 Å². The van der Waals surface area contributed by atoms with Crippen LogP contribution >= 0.6 is 0 Å². The van der Waals surface area contributed by atoms with Crippen LogP contribution in [0.2, 0.25) is 0 Å². The van der Waals surface area contributed by atoms with Crippen molar-refractivity contribution < 1.29 is 34.6 Å². The zero-order valence-electron chi connectivity index (χ0n) is 32.3. The Bertz CT molecular complexity index is 630. The van der Waals surface area contributed by atoms with Gasteiger partial charge in [0.2, 0.25) is 0 Å². The second-order valence-corrected chi connectivity index (χ2v) is 14.1. The Morgan fingerprint density at radius 1 is 0.408 bits per heavy atom. The van der Waals surface area contributed by atoms with Crippen LogP contribution in [0.5, 0.6) is 0 Å². The molecule has 49 heavy (non-hydrogen) atoms. The van der Waals surface area contributed by atoms with Gasteiger partial charge in [0.25, 0.3) is 0 Å². The first-order valence-electron chi connectivity index (χ1n) is 20.8. The van der Waals surface area contributed by atoms with Gasteiger partial charge in [-0.3, -0.25) is 0 Å². The van der Waals surface area contributed by atoms with Gasteiger partial charge in [0.1, 0.15) is 12.2 Å². The quantitative estimate of drug-likeness (QED) is 0.0286. The Morgan fingerprint density at radius 2 is 0.694 bits per heavy atom. The number of ether oxygens (including phenoxy) is 3. The summed E-state index contributed by atoms with van der Waals surface area (Å²) in [7, 11) is 0. The normalized spacial score (nSPS) is 14.7. The van der Waals surface area contributed by atoms with E-state index in [0.29, 0.717) is 12.8 Å². The van der Waals surface area contributed by atoms with Crippen LogP contribution in [0.1, 0.15) is 194 Å². The minimum atomic E-state index is -0.957. The monoisotopic (exact) mass is 699 g/mol. The average molecular weight is 699 g/mol. The van der Waals surface area contributed by atoms with Gasteiger partial charge in [0.15, 0.2) is 12.6 Å². The second-order valence-electron chi connectivity index (χ2n) is 14.1. The first-order chi connectivity index (χ1) is 24.1. The first-order valence-corrected chi connectivity index (χ1v) is 20.8. The Kier molecular flexibility index (Phi) is 39.3. The maximum absolute atomic E-state index is 9.87. The molecule has 0 heterocycles. The summed E-state index contributed by atoms with van der Waals surface area (Å²) in [5.41, 5.74) is 0. The number of aliphatic hydroxyl groups is 4. The van der Waals surface area contributed by atoms with E-state index in [4.69, 9.17) is 14.2 Å². The lowest BCUT2D eigenvalue weighted by Gasteiger charge is -2.26. The minimum absolute atomic E-state index is 0.00830. The molecule has 0 saturated carbocycles. The van der Waals surface area contributed by atoms with Crippen LogP contribution in [0, 0.1) is 0 Å². The summed E-state index contributed by atoms with van der Waals surface area (Å²) < 4.78 is 18.0. The van der Waals surface area contributed by atoms with Gasteiger partial charge >= 0.3 is 0 Å². The van der Waals surface area contributed by atoms with Crippen molar-refractivity contribution in [1.82, 2.24) is 0 Å². The number of unbranched alkanes of at least 4 members (excludes halogenated alkanes) is 22. The number of aliphatic hydroxyl groups excluding tert-OH is 4. The van der Waals surface area contributed by atoms with Crippen LogP contribution in [0.3, 0.4) is 0 Å². The van der Waals surface area contributed by atoms with E-state index in [9.17, 15) is 20.4 Å². The molecule has 0 aromatic rings.